The predicted octanol–water partition coefficient (Wildman–Crippen LogP) is 4.58. The van der Waals surface area contributed by atoms with Crippen molar-refractivity contribution in [3.63, 3.8) is 0 Å². The molecule has 2 aromatic rings. The van der Waals surface area contributed by atoms with Crippen LogP contribution < -0.4 is 5.32 Å². The summed E-state index contributed by atoms with van der Waals surface area (Å²) in [5.74, 6) is 0.850. The van der Waals surface area contributed by atoms with Gasteiger partial charge in [-0.2, -0.15) is 0 Å². The summed E-state index contributed by atoms with van der Waals surface area (Å²) in [7, 11) is 0. The lowest BCUT2D eigenvalue weighted by Crippen LogP contribution is -2.32. The minimum Gasteiger partial charge on any atom is -0.349 e. The van der Waals surface area contributed by atoms with Crippen LogP contribution in [0.15, 0.2) is 30.3 Å². The van der Waals surface area contributed by atoms with Gasteiger partial charge in [-0.05, 0) is 80.8 Å². The van der Waals surface area contributed by atoms with Crippen molar-refractivity contribution in [2.45, 2.75) is 64.8 Å². The Balaban J connectivity index is 1.55. The van der Waals surface area contributed by atoms with Crippen molar-refractivity contribution in [2.24, 2.45) is 5.92 Å². The third-order valence-electron chi connectivity index (χ3n) is 5.90. The maximum atomic E-state index is 12.4. The van der Waals surface area contributed by atoms with E-state index in [1.807, 2.05) is 12.1 Å². The first-order valence-corrected chi connectivity index (χ1v) is 9.73. The molecule has 4 rings (SSSR count). The van der Waals surface area contributed by atoms with Crippen LogP contribution in [0, 0.1) is 12.8 Å². The molecule has 1 amide bonds. The smallest absolute Gasteiger partial charge is 0.251 e. The second-order valence-electron chi connectivity index (χ2n) is 7.94. The highest BCUT2D eigenvalue weighted by Gasteiger charge is 2.22. The van der Waals surface area contributed by atoms with Crippen LogP contribution in [-0.4, -0.2) is 16.5 Å². The van der Waals surface area contributed by atoms with E-state index in [0.29, 0.717) is 6.04 Å². The average molecular weight is 336 g/mol. The molecule has 0 aliphatic heterocycles. The Morgan fingerprint density at radius 2 is 1.84 bits per heavy atom. The molecule has 1 aromatic carbocycles. The van der Waals surface area contributed by atoms with Crippen molar-refractivity contribution >= 4 is 5.91 Å². The Hall–Kier alpha value is -2.03. The number of hydrogen-bond donors (Lipinski definition) is 1. The van der Waals surface area contributed by atoms with Crippen LogP contribution in [0.1, 0.15) is 66.3 Å². The minimum absolute atomic E-state index is 0.0681. The topological polar surface area (TPSA) is 34.0 Å². The molecule has 1 atom stereocenters. The third kappa shape index (κ3) is 3.24. The minimum atomic E-state index is 0.0681. The van der Waals surface area contributed by atoms with E-state index in [-0.39, 0.29) is 5.91 Å². The number of rotatable bonds is 3. The predicted molar refractivity (Wildman–Crippen MR) is 101 cm³/mol. The van der Waals surface area contributed by atoms with E-state index >= 15 is 0 Å². The van der Waals surface area contributed by atoms with E-state index in [1.165, 1.54) is 48.3 Å². The third-order valence-corrected chi connectivity index (χ3v) is 5.90. The molecule has 0 saturated heterocycles. The van der Waals surface area contributed by atoms with Crippen LogP contribution >= 0.6 is 0 Å². The van der Waals surface area contributed by atoms with Gasteiger partial charge in [-0.3, -0.25) is 4.79 Å². The molecule has 0 unspecified atom stereocenters. The van der Waals surface area contributed by atoms with Gasteiger partial charge in [0.1, 0.15) is 0 Å². The van der Waals surface area contributed by atoms with Crippen molar-refractivity contribution in [2.75, 3.05) is 0 Å². The van der Waals surface area contributed by atoms with Crippen LogP contribution in [0.25, 0.3) is 5.69 Å². The summed E-state index contributed by atoms with van der Waals surface area (Å²) in [6.07, 6.45) is 8.31. The first-order valence-electron chi connectivity index (χ1n) is 9.73. The van der Waals surface area contributed by atoms with Gasteiger partial charge in [0.15, 0.2) is 0 Å². The fourth-order valence-corrected chi connectivity index (χ4v) is 4.53. The zero-order chi connectivity index (χ0) is 17.4. The van der Waals surface area contributed by atoms with E-state index in [2.05, 4.69) is 41.9 Å². The highest BCUT2D eigenvalue weighted by atomic mass is 16.1. The largest absolute Gasteiger partial charge is 0.349 e. The summed E-state index contributed by atoms with van der Waals surface area (Å²) in [4.78, 5) is 12.4. The standard InChI is InChI=1S/C22H28N2O/c1-15-7-12-21-18(13-15)14-16(2)24(21)20-10-8-17(9-11-20)22(25)23-19-5-3-4-6-19/h8-11,14-15,19H,3-7,12-13H2,1-2H3,(H,23,25)/t15-/m0/s1. The molecule has 2 aliphatic carbocycles. The fraction of sp³-hybridized carbons (Fsp3) is 0.500. The lowest BCUT2D eigenvalue weighted by atomic mass is 9.89. The van der Waals surface area contributed by atoms with E-state index in [0.717, 1.165) is 30.7 Å². The van der Waals surface area contributed by atoms with Crippen molar-refractivity contribution in [1.29, 1.82) is 0 Å². The number of benzene rings is 1. The number of aryl methyl sites for hydroxylation is 1. The Morgan fingerprint density at radius 3 is 2.56 bits per heavy atom. The van der Waals surface area contributed by atoms with Gasteiger partial charge in [-0.15, -0.1) is 0 Å². The first kappa shape index (κ1) is 16.4. The second-order valence-corrected chi connectivity index (χ2v) is 7.94. The summed E-state index contributed by atoms with van der Waals surface area (Å²) in [5.41, 5.74) is 6.19. The van der Waals surface area contributed by atoms with E-state index in [4.69, 9.17) is 0 Å². The zero-order valence-electron chi connectivity index (χ0n) is 15.3. The summed E-state index contributed by atoms with van der Waals surface area (Å²) in [5, 5.41) is 3.17. The van der Waals surface area contributed by atoms with Gasteiger partial charge in [-0.25, -0.2) is 0 Å². The SMILES string of the molecule is Cc1cc2c(n1-c1ccc(C(=O)NC3CCCC3)cc1)CC[C@H](C)C2. The molecule has 1 fully saturated rings. The highest BCUT2D eigenvalue weighted by Crippen LogP contribution is 2.30. The van der Waals surface area contributed by atoms with Gasteiger partial charge in [0, 0.05) is 28.7 Å². The number of fused-ring (bicyclic) bond motifs is 1. The van der Waals surface area contributed by atoms with Crippen molar-refractivity contribution in [1.82, 2.24) is 9.88 Å². The molecule has 1 saturated carbocycles. The molecule has 2 aliphatic rings. The Kier molecular flexibility index (Phi) is 4.41. The quantitative estimate of drug-likeness (QED) is 0.874. The van der Waals surface area contributed by atoms with Gasteiger partial charge in [-0.1, -0.05) is 19.8 Å². The number of carbonyl (C=O) groups excluding carboxylic acids is 1. The average Bonchev–Trinajstić information content (AvgIpc) is 3.21. The molecular weight excluding hydrogens is 308 g/mol. The summed E-state index contributed by atoms with van der Waals surface area (Å²) in [6, 6.07) is 10.8. The van der Waals surface area contributed by atoms with Gasteiger partial charge in [0.05, 0.1) is 0 Å². The Labute approximate surface area is 150 Å². The molecule has 3 nitrogen and oxygen atoms in total. The molecule has 1 N–H and O–H groups in total. The lowest BCUT2D eigenvalue weighted by molar-refractivity contribution is 0.0938. The molecule has 1 aromatic heterocycles. The lowest BCUT2D eigenvalue weighted by Gasteiger charge is -2.21. The molecular formula is C22H28N2O. The number of amides is 1. The van der Waals surface area contributed by atoms with E-state index < -0.39 is 0 Å². The molecule has 132 valence electrons. The normalized spacial score (nSPS) is 20.5. The fourth-order valence-electron chi connectivity index (χ4n) is 4.53. The van der Waals surface area contributed by atoms with Crippen LogP contribution in [0.4, 0.5) is 0 Å². The van der Waals surface area contributed by atoms with Crippen LogP contribution in [0.2, 0.25) is 0 Å². The van der Waals surface area contributed by atoms with Gasteiger partial charge >= 0.3 is 0 Å². The van der Waals surface area contributed by atoms with Gasteiger partial charge < -0.3 is 9.88 Å². The molecule has 25 heavy (non-hydrogen) atoms. The number of carbonyl (C=O) groups is 1. The van der Waals surface area contributed by atoms with Crippen molar-refractivity contribution in [3.8, 4) is 5.69 Å². The Morgan fingerprint density at radius 1 is 1.12 bits per heavy atom. The van der Waals surface area contributed by atoms with E-state index in [1.54, 1.807) is 0 Å². The summed E-state index contributed by atoms with van der Waals surface area (Å²) in [6.45, 7) is 4.52. The molecule has 1 heterocycles. The van der Waals surface area contributed by atoms with Crippen LogP contribution in [0.3, 0.4) is 0 Å². The Bertz CT molecular complexity index is 766. The number of aromatic nitrogens is 1. The highest BCUT2D eigenvalue weighted by molar-refractivity contribution is 5.94. The number of nitrogens with zero attached hydrogens (tertiary/aromatic N) is 1. The zero-order valence-corrected chi connectivity index (χ0v) is 15.3. The maximum absolute atomic E-state index is 12.4. The van der Waals surface area contributed by atoms with Crippen molar-refractivity contribution in [3.05, 3.63) is 52.8 Å². The van der Waals surface area contributed by atoms with Gasteiger partial charge in [0.25, 0.3) is 5.91 Å². The number of nitrogens with one attached hydrogen (secondary N) is 1. The van der Waals surface area contributed by atoms with Crippen LogP contribution in [-0.2, 0) is 12.8 Å². The van der Waals surface area contributed by atoms with E-state index in [9.17, 15) is 4.79 Å². The molecule has 3 heteroatoms. The molecule has 0 bridgehead atoms. The monoisotopic (exact) mass is 336 g/mol. The summed E-state index contributed by atoms with van der Waals surface area (Å²) < 4.78 is 2.37. The van der Waals surface area contributed by atoms with Crippen molar-refractivity contribution < 1.29 is 4.79 Å². The van der Waals surface area contributed by atoms with Crippen LogP contribution in [0.5, 0.6) is 0 Å². The van der Waals surface area contributed by atoms with Gasteiger partial charge in [0.2, 0.25) is 0 Å². The maximum Gasteiger partial charge on any atom is 0.251 e. The molecule has 0 radical (unpaired) electrons. The second kappa shape index (κ2) is 6.70. The number of hydrogen-bond acceptors (Lipinski definition) is 1. The summed E-state index contributed by atoms with van der Waals surface area (Å²) >= 11 is 0. The first-order chi connectivity index (χ1) is 12.1. The molecule has 0 spiro atoms.